The Hall–Kier alpha value is -2.94. The maximum absolute atomic E-state index is 13.3. The highest BCUT2D eigenvalue weighted by molar-refractivity contribution is 7.14. The van der Waals surface area contributed by atoms with Crippen LogP contribution in [-0.2, 0) is 0 Å². The molecule has 0 fully saturated rings. The minimum Gasteiger partial charge on any atom is -0.435 e. The van der Waals surface area contributed by atoms with Crippen LogP contribution in [0, 0.1) is 11.6 Å². The minimum absolute atomic E-state index is 0.0635. The van der Waals surface area contributed by atoms with E-state index in [4.69, 9.17) is 0 Å². The molecular formula is C17H10F4N2O2S. The smallest absolute Gasteiger partial charge is 0.387 e. The summed E-state index contributed by atoms with van der Waals surface area (Å²) in [6.07, 6.45) is 0. The molecule has 134 valence electrons. The first kappa shape index (κ1) is 17.9. The van der Waals surface area contributed by atoms with Crippen molar-refractivity contribution in [3.63, 3.8) is 0 Å². The van der Waals surface area contributed by atoms with Crippen LogP contribution in [0.5, 0.6) is 5.75 Å². The molecule has 3 aromatic rings. The van der Waals surface area contributed by atoms with E-state index in [0.717, 1.165) is 23.5 Å². The van der Waals surface area contributed by atoms with Gasteiger partial charge in [-0.25, -0.2) is 13.8 Å². The van der Waals surface area contributed by atoms with Gasteiger partial charge in [0.05, 0.1) is 5.69 Å². The van der Waals surface area contributed by atoms with E-state index >= 15 is 0 Å². The van der Waals surface area contributed by atoms with Gasteiger partial charge in [0.15, 0.2) is 16.8 Å². The summed E-state index contributed by atoms with van der Waals surface area (Å²) in [7, 11) is 0. The Balaban J connectivity index is 1.70. The third-order valence-corrected chi connectivity index (χ3v) is 4.04. The van der Waals surface area contributed by atoms with E-state index in [1.807, 2.05) is 0 Å². The number of alkyl halides is 2. The average molecular weight is 382 g/mol. The summed E-state index contributed by atoms with van der Waals surface area (Å²) in [6, 6.07) is 8.53. The zero-order chi connectivity index (χ0) is 18.7. The second-order valence-corrected chi connectivity index (χ2v) is 5.88. The lowest BCUT2D eigenvalue weighted by Crippen LogP contribution is -2.11. The number of hydrogen-bond acceptors (Lipinski definition) is 4. The summed E-state index contributed by atoms with van der Waals surface area (Å²) < 4.78 is 54.7. The Labute approximate surface area is 149 Å². The number of nitrogens with one attached hydrogen (secondary N) is 1. The SMILES string of the molecule is O=C(Nc1nc(-c2ccc(F)c(F)c2)cs1)c1ccc(OC(F)F)cc1. The van der Waals surface area contributed by atoms with Crippen LogP contribution in [0.1, 0.15) is 10.4 Å². The Morgan fingerprint density at radius 2 is 1.81 bits per heavy atom. The van der Waals surface area contributed by atoms with Gasteiger partial charge in [0.1, 0.15) is 5.75 Å². The van der Waals surface area contributed by atoms with Crippen LogP contribution >= 0.6 is 11.3 Å². The van der Waals surface area contributed by atoms with Gasteiger partial charge in [0.25, 0.3) is 5.91 Å². The quantitative estimate of drug-likeness (QED) is 0.636. The molecule has 1 N–H and O–H groups in total. The summed E-state index contributed by atoms with van der Waals surface area (Å²) in [5.74, 6) is -2.52. The van der Waals surface area contributed by atoms with Gasteiger partial charge in [-0.15, -0.1) is 11.3 Å². The lowest BCUT2D eigenvalue weighted by molar-refractivity contribution is -0.0498. The molecule has 0 spiro atoms. The maximum Gasteiger partial charge on any atom is 0.387 e. The van der Waals surface area contributed by atoms with Crippen molar-refractivity contribution in [1.29, 1.82) is 0 Å². The summed E-state index contributed by atoms with van der Waals surface area (Å²) in [6.45, 7) is -2.94. The van der Waals surface area contributed by atoms with Crippen molar-refractivity contribution < 1.29 is 27.1 Å². The van der Waals surface area contributed by atoms with Gasteiger partial charge in [-0.3, -0.25) is 10.1 Å². The van der Waals surface area contributed by atoms with Gasteiger partial charge < -0.3 is 4.74 Å². The Kier molecular flexibility index (Phi) is 5.17. The number of anilines is 1. The molecule has 1 aromatic heterocycles. The number of halogens is 4. The fourth-order valence-electron chi connectivity index (χ4n) is 2.08. The highest BCUT2D eigenvalue weighted by atomic mass is 32.1. The predicted octanol–water partition coefficient (Wildman–Crippen LogP) is 4.94. The number of aromatic nitrogens is 1. The van der Waals surface area contributed by atoms with Crippen LogP contribution in [-0.4, -0.2) is 17.5 Å². The van der Waals surface area contributed by atoms with E-state index in [2.05, 4.69) is 15.0 Å². The fourth-order valence-corrected chi connectivity index (χ4v) is 2.79. The van der Waals surface area contributed by atoms with Crippen LogP contribution in [0.25, 0.3) is 11.3 Å². The molecule has 26 heavy (non-hydrogen) atoms. The molecule has 2 aromatic carbocycles. The van der Waals surface area contributed by atoms with Gasteiger partial charge >= 0.3 is 6.61 Å². The Morgan fingerprint density at radius 3 is 2.46 bits per heavy atom. The molecule has 3 rings (SSSR count). The second-order valence-electron chi connectivity index (χ2n) is 5.02. The van der Waals surface area contributed by atoms with Crippen molar-refractivity contribution in [2.75, 3.05) is 5.32 Å². The van der Waals surface area contributed by atoms with E-state index in [1.165, 1.54) is 30.3 Å². The molecule has 0 aliphatic rings. The topological polar surface area (TPSA) is 51.2 Å². The molecule has 0 unspecified atom stereocenters. The number of amides is 1. The molecule has 0 saturated carbocycles. The van der Waals surface area contributed by atoms with Gasteiger partial charge in [0.2, 0.25) is 0 Å². The monoisotopic (exact) mass is 382 g/mol. The molecule has 9 heteroatoms. The third-order valence-electron chi connectivity index (χ3n) is 3.28. The first-order valence-corrected chi connectivity index (χ1v) is 8.07. The molecule has 0 saturated heterocycles. The molecule has 0 aliphatic heterocycles. The molecular weight excluding hydrogens is 372 g/mol. The first-order valence-electron chi connectivity index (χ1n) is 7.19. The Morgan fingerprint density at radius 1 is 1.08 bits per heavy atom. The first-order chi connectivity index (χ1) is 12.4. The highest BCUT2D eigenvalue weighted by Crippen LogP contribution is 2.26. The number of hydrogen-bond donors (Lipinski definition) is 1. The van der Waals surface area contributed by atoms with Crippen molar-refractivity contribution in [3.8, 4) is 17.0 Å². The van der Waals surface area contributed by atoms with Crippen molar-refractivity contribution in [3.05, 3.63) is 65.0 Å². The number of nitrogens with zero attached hydrogens (tertiary/aromatic N) is 1. The molecule has 0 bridgehead atoms. The fraction of sp³-hybridized carbons (Fsp3) is 0.0588. The summed E-state index contributed by atoms with van der Waals surface area (Å²) in [5.41, 5.74) is 0.968. The molecule has 0 aliphatic carbocycles. The molecule has 0 atom stereocenters. The van der Waals surface area contributed by atoms with Gasteiger partial charge in [0, 0.05) is 16.5 Å². The van der Waals surface area contributed by atoms with E-state index in [9.17, 15) is 22.4 Å². The van der Waals surface area contributed by atoms with Crippen LogP contribution in [0.15, 0.2) is 47.8 Å². The van der Waals surface area contributed by atoms with E-state index < -0.39 is 24.2 Å². The highest BCUT2D eigenvalue weighted by Gasteiger charge is 2.12. The lowest BCUT2D eigenvalue weighted by Gasteiger charge is -2.05. The molecule has 0 radical (unpaired) electrons. The minimum atomic E-state index is -2.94. The molecule has 1 amide bonds. The van der Waals surface area contributed by atoms with Gasteiger partial charge in [-0.05, 0) is 42.5 Å². The maximum atomic E-state index is 13.3. The number of rotatable bonds is 5. The van der Waals surface area contributed by atoms with Crippen molar-refractivity contribution >= 4 is 22.4 Å². The van der Waals surface area contributed by atoms with Crippen LogP contribution < -0.4 is 10.1 Å². The van der Waals surface area contributed by atoms with Crippen LogP contribution in [0.4, 0.5) is 22.7 Å². The van der Waals surface area contributed by atoms with E-state index in [-0.39, 0.29) is 16.4 Å². The standard InChI is InChI=1S/C17H10F4N2O2S/c18-12-6-3-10(7-13(12)19)14-8-26-17(22-14)23-15(24)9-1-4-11(5-2-9)25-16(20)21/h1-8,16H,(H,22,23,24). The number of benzene rings is 2. The summed E-state index contributed by atoms with van der Waals surface area (Å²) in [5, 5.41) is 4.38. The van der Waals surface area contributed by atoms with Gasteiger partial charge in [-0.1, -0.05) is 0 Å². The van der Waals surface area contributed by atoms with Gasteiger partial charge in [-0.2, -0.15) is 8.78 Å². The number of carbonyl (C=O) groups is 1. The number of ether oxygens (including phenoxy) is 1. The van der Waals surface area contributed by atoms with Crippen molar-refractivity contribution in [2.45, 2.75) is 6.61 Å². The summed E-state index contributed by atoms with van der Waals surface area (Å²) >= 11 is 1.11. The zero-order valence-electron chi connectivity index (χ0n) is 12.9. The third kappa shape index (κ3) is 4.17. The second kappa shape index (κ2) is 7.52. The molecule has 1 heterocycles. The molecule has 4 nitrogen and oxygen atoms in total. The van der Waals surface area contributed by atoms with Crippen LogP contribution in [0.2, 0.25) is 0 Å². The largest absolute Gasteiger partial charge is 0.435 e. The normalized spacial score (nSPS) is 10.8. The predicted molar refractivity (Wildman–Crippen MR) is 88.5 cm³/mol. The van der Waals surface area contributed by atoms with E-state index in [0.29, 0.717) is 11.3 Å². The van der Waals surface area contributed by atoms with Crippen molar-refractivity contribution in [2.24, 2.45) is 0 Å². The zero-order valence-corrected chi connectivity index (χ0v) is 13.7. The Bertz CT molecular complexity index is 929. The number of thiazole rings is 1. The number of carbonyl (C=O) groups excluding carboxylic acids is 1. The average Bonchev–Trinajstić information content (AvgIpc) is 3.06. The van der Waals surface area contributed by atoms with Crippen LogP contribution in [0.3, 0.4) is 0 Å². The summed E-state index contributed by atoms with van der Waals surface area (Å²) in [4.78, 5) is 16.3. The lowest BCUT2D eigenvalue weighted by atomic mass is 10.2. The van der Waals surface area contributed by atoms with Crippen molar-refractivity contribution in [1.82, 2.24) is 4.98 Å². The van der Waals surface area contributed by atoms with E-state index in [1.54, 1.807) is 5.38 Å².